The van der Waals surface area contributed by atoms with Crippen LogP contribution in [0.5, 0.6) is 5.75 Å². The Morgan fingerprint density at radius 1 is 1.00 bits per heavy atom. The molecule has 0 radical (unpaired) electrons. The zero-order valence-electron chi connectivity index (χ0n) is 16.6. The van der Waals surface area contributed by atoms with Crippen LogP contribution in [-0.2, 0) is 11.2 Å². The van der Waals surface area contributed by atoms with Crippen LogP contribution in [0.2, 0.25) is 0 Å². The molecular formula is C23H25N3O3. The lowest BCUT2D eigenvalue weighted by Gasteiger charge is -2.34. The van der Waals surface area contributed by atoms with Crippen LogP contribution < -0.4 is 4.74 Å². The lowest BCUT2D eigenvalue weighted by molar-refractivity contribution is -0.132. The highest BCUT2D eigenvalue weighted by atomic mass is 16.5. The van der Waals surface area contributed by atoms with Gasteiger partial charge in [-0.25, -0.2) is 0 Å². The summed E-state index contributed by atoms with van der Waals surface area (Å²) in [5.41, 5.74) is 2.69. The van der Waals surface area contributed by atoms with Crippen molar-refractivity contribution in [1.29, 1.82) is 0 Å². The number of rotatable bonds is 6. The molecule has 1 N–H and O–H groups in total. The van der Waals surface area contributed by atoms with Crippen LogP contribution in [0.25, 0.3) is 10.9 Å². The van der Waals surface area contributed by atoms with Gasteiger partial charge in [0.2, 0.25) is 5.91 Å². The largest absolute Gasteiger partial charge is 0.497 e. The zero-order chi connectivity index (χ0) is 20.2. The number of hydrogen-bond acceptors (Lipinski definition) is 4. The Labute approximate surface area is 170 Å². The molecule has 4 rings (SSSR count). The van der Waals surface area contributed by atoms with Crippen LogP contribution in [-0.4, -0.2) is 66.3 Å². The number of H-pyrrole nitrogens is 1. The maximum absolute atomic E-state index is 12.7. The molecule has 6 nitrogen and oxygen atoms in total. The molecular weight excluding hydrogens is 366 g/mol. The monoisotopic (exact) mass is 391 g/mol. The number of aromatic amines is 1. The third kappa shape index (κ3) is 4.32. The van der Waals surface area contributed by atoms with Gasteiger partial charge in [-0.15, -0.1) is 0 Å². The minimum atomic E-state index is 0.112. The smallest absolute Gasteiger partial charge is 0.227 e. The second kappa shape index (κ2) is 8.49. The number of para-hydroxylation sites is 1. The first-order valence-electron chi connectivity index (χ1n) is 9.86. The van der Waals surface area contributed by atoms with E-state index in [2.05, 4.69) is 9.88 Å². The summed E-state index contributed by atoms with van der Waals surface area (Å²) in [7, 11) is 1.63. The quantitative estimate of drug-likeness (QED) is 0.656. The molecule has 2 heterocycles. The highest BCUT2D eigenvalue weighted by Crippen LogP contribution is 2.19. The fourth-order valence-electron chi connectivity index (χ4n) is 3.78. The van der Waals surface area contributed by atoms with Crippen molar-refractivity contribution in [2.24, 2.45) is 0 Å². The van der Waals surface area contributed by atoms with Gasteiger partial charge in [0, 0.05) is 48.8 Å². The van der Waals surface area contributed by atoms with Gasteiger partial charge in [0.1, 0.15) is 5.75 Å². The average molecular weight is 391 g/mol. The van der Waals surface area contributed by atoms with Crippen LogP contribution in [0.3, 0.4) is 0 Å². The number of benzene rings is 2. The van der Waals surface area contributed by atoms with E-state index in [0.29, 0.717) is 39.1 Å². The Balaban J connectivity index is 1.29. The first-order valence-corrected chi connectivity index (χ1v) is 9.86. The molecule has 6 heteroatoms. The Kier molecular flexibility index (Phi) is 5.62. The molecule has 0 spiro atoms. The molecule has 1 aliphatic heterocycles. The highest BCUT2D eigenvalue weighted by molar-refractivity contribution is 6.08. The normalized spacial score (nSPS) is 14.9. The number of ether oxygens (including phenoxy) is 1. The van der Waals surface area contributed by atoms with Crippen molar-refractivity contribution >= 4 is 22.6 Å². The van der Waals surface area contributed by atoms with E-state index in [1.165, 1.54) is 0 Å². The van der Waals surface area contributed by atoms with Gasteiger partial charge < -0.3 is 14.6 Å². The van der Waals surface area contributed by atoms with Crippen molar-refractivity contribution in [2.45, 2.75) is 6.42 Å². The van der Waals surface area contributed by atoms with Gasteiger partial charge in [-0.1, -0.05) is 30.3 Å². The molecule has 2 aromatic carbocycles. The predicted molar refractivity (Wildman–Crippen MR) is 112 cm³/mol. The lowest BCUT2D eigenvalue weighted by atomic mass is 10.1. The summed E-state index contributed by atoms with van der Waals surface area (Å²) in [6.45, 7) is 3.10. The van der Waals surface area contributed by atoms with Crippen molar-refractivity contribution in [3.8, 4) is 5.75 Å². The van der Waals surface area contributed by atoms with E-state index in [1.54, 1.807) is 13.3 Å². The second-order valence-electron chi connectivity index (χ2n) is 7.35. The minimum Gasteiger partial charge on any atom is -0.497 e. The van der Waals surface area contributed by atoms with E-state index in [4.69, 9.17) is 4.74 Å². The van der Waals surface area contributed by atoms with Crippen molar-refractivity contribution in [3.05, 3.63) is 65.9 Å². The number of nitrogens with zero attached hydrogens (tertiary/aromatic N) is 2. The number of hydrogen-bond donors (Lipinski definition) is 1. The third-order valence-corrected chi connectivity index (χ3v) is 5.50. The number of piperazine rings is 1. The van der Waals surface area contributed by atoms with E-state index in [0.717, 1.165) is 27.8 Å². The Hall–Kier alpha value is -3.12. The topological polar surface area (TPSA) is 65.6 Å². The Morgan fingerprint density at radius 3 is 2.45 bits per heavy atom. The van der Waals surface area contributed by atoms with Crippen molar-refractivity contribution in [2.75, 3.05) is 39.8 Å². The van der Waals surface area contributed by atoms with Gasteiger partial charge in [0.05, 0.1) is 20.1 Å². The molecule has 0 bridgehead atoms. The summed E-state index contributed by atoms with van der Waals surface area (Å²) in [6.07, 6.45) is 2.18. The molecule has 1 fully saturated rings. The van der Waals surface area contributed by atoms with Crippen LogP contribution >= 0.6 is 0 Å². The number of fused-ring (bicyclic) bond motifs is 1. The van der Waals surface area contributed by atoms with Crippen molar-refractivity contribution < 1.29 is 14.3 Å². The number of aromatic nitrogens is 1. The van der Waals surface area contributed by atoms with Crippen molar-refractivity contribution in [3.63, 3.8) is 0 Å². The van der Waals surface area contributed by atoms with E-state index in [-0.39, 0.29) is 11.7 Å². The van der Waals surface area contributed by atoms with Crippen LogP contribution in [0, 0.1) is 0 Å². The summed E-state index contributed by atoms with van der Waals surface area (Å²) in [5, 5.41) is 0.964. The van der Waals surface area contributed by atoms with E-state index in [9.17, 15) is 9.59 Å². The third-order valence-electron chi connectivity index (χ3n) is 5.50. The number of ketones is 1. The number of nitrogens with one attached hydrogen (secondary N) is 1. The molecule has 0 unspecified atom stereocenters. The predicted octanol–water partition coefficient (Wildman–Crippen LogP) is 2.75. The molecule has 1 amide bonds. The molecule has 150 valence electrons. The number of carbonyl (C=O) groups excluding carboxylic acids is 2. The zero-order valence-corrected chi connectivity index (χ0v) is 16.6. The summed E-state index contributed by atoms with van der Waals surface area (Å²) in [4.78, 5) is 32.5. The average Bonchev–Trinajstić information content (AvgIpc) is 3.19. The fourth-order valence-corrected chi connectivity index (χ4v) is 3.78. The van der Waals surface area contributed by atoms with E-state index >= 15 is 0 Å². The molecule has 1 saturated heterocycles. The first kappa shape index (κ1) is 19.2. The Bertz CT molecular complexity index is 1000. The number of carbonyl (C=O) groups is 2. The van der Waals surface area contributed by atoms with Crippen LogP contribution in [0.15, 0.2) is 54.7 Å². The number of methoxy groups -OCH3 is 1. The maximum Gasteiger partial charge on any atom is 0.227 e. The molecule has 1 aromatic heterocycles. The molecule has 0 atom stereocenters. The van der Waals surface area contributed by atoms with Gasteiger partial charge in [0.15, 0.2) is 5.78 Å². The summed E-state index contributed by atoms with van der Waals surface area (Å²) in [6, 6.07) is 15.4. The van der Waals surface area contributed by atoms with Crippen molar-refractivity contribution in [1.82, 2.24) is 14.8 Å². The number of Topliss-reactive ketones (excluding diaryl/α,β-unsaturated/α-hetero) is 1. The van der Waals surface area contributed by atoms with Crippen LogP contribution in [0.4, 0.5) is 0 Å². The minimum absolute atomic E-state index is 0.112. The standard InChI is InChI=1S/C23H25N3O3/c1-29-18-8-6-17(7-9-18)14-23(28)26-12-10-25(11-13-26)16-22(27)20-15-24-21-5-3-2-4-19(20)21/h2-9,15,24H,10-14,16H2,1H3. The van der Waals surface area contributed by atoms with Gasteiger partial charge in [-0.3, -0.25) is 14.5 Å². The van der Waals surface area contributed by atoms with Crippen LogP contribution in [0.1, 0.15) is 15.9 Å². The number of amides is 1. The Morgan fingerprint density at radius 2 is 1.72 bits per heavy atom. The fraction of sp³-hybridized carbons (Fsp3) is 0.304. The van der Waals surface area contributed by atoms with Gasteiger partial charge >= 0.3 is 0 Å². The van der Waals surface area contributed by atoms with E-state index in [1.807, 2.05) is 53.4 Å². The molecule has 1 aliphatic rings. The lowest BCUT2D eigenvalue weighted by Crippen LogP contribution is -2.50. The molecule has 0 saturated carbocycles. The maximum atomic E-state index is 12.7. The van der Waals surface area contributed by atoms with Gasteiger partial charge in [-0.05, 0) is 23.8 Å². The molecule has 3 aromatic rings. The summed E-state index contributed by atoms with van der Waals surface area (Å²) in [5.74, 6) is 1.02. The summed E-state index contributed by atoms with van der Waals surface area (Å²) >= 11 is 0. The SMILES string of the molecule is COc1ccc(CC(=O)N2CCN(CC(=O)c3c[nH]c4ccccc34)CC2)cc1. The summed E-state index contributed by atoms with van der Waals surface area (Å²) < 4.78 is 5.15. The molecule has 0 aliphatic carbocycles. The molecule has 29 heavy (non-hydrogen) atoms. The van der Waals surface area contributed by atoms with Gasteiger partial charge in [-0.2, -0.15) is 0 Å². The van der Waals surface area contributed by atoms with Gasteiger partial charge in [0.25, 0.3) is 0 Å². The van der Waals surface area contributed by atoms with E-state index < -0.39 is 0 Å². The highest BCUT2D eigenvalue weighted by Gasteiger charge is 2.23. The second-order valence-corrected chi connectivity index (χ2v) is 7.35. The first-order chi connectivity index (χ1) is 14.1.